The molecular weight excluding hydrogens is 198 g/mol. The lowest BCUT2D eigenvalue weighted by molar-refractivity contribution is 0.260. The molecule has 0 fully saturated rings. The molecular formula is C14H21NO. The molecule has 0 aromatic heterocycles. The zero-order chi connectivity index (χ0) is 11.4. The largest absolute Gasteiger partial charge is 0.396 e. The molecule has 0 aliphatic heterocycles. The molecule has 16 heavy (non-hydrogen) atoms. The molecule has 2 nitrogen and oxygen atoms in total. The van der Waals surface area contributed by atoms with E-state index in [9.17, 15) is 0 Å². The molecule has 0 saturated carbocycles. The van der Waals surface area contributed by atoms with Crippen LogP contribution in [0.1, 0.15) is 30.9 Å². The molecule has 0 amide bonds. The second-order valence-corrected chi connectivity index (χ2v) is 4.79. The van der Waals surface area contributed by atoms with Crippen LogP contribution < -0.4 is 5.32 Å². The third-order valence-corrected chi connectivity index (χ3v) is 3.43. The maximum Gasteiger partial charge on any atom is 0.0445 e. The fraction of sp³-hybridized carbons (Fsp3) is 0.571. The quantitative estimate of drug-likeness (QED) is 0.810. The average molecular weight is 219 g/mol. The normalized spacial score (nSPS) is 21.5. The summed E-state index contributed by atoms with van der Waals surface area (Å²) >= 11 is 0. The smallest absolute Gasteiger partial charge is 0.0445 e. The molecule has 1 aromatic carbocycles. The molecule has 0 radical (unpaired) electrons. The Morgan fingerprint density at radius 3 is 2.88 bits per heavy atom. The fourth-order valence-corrected chi connectivity index (χ4v) is 2.52. The molecule has 0 saturated heterocycles. The van der Waals surface area contributed by atoms with E-state index in [1.165, 1.54) is 24.0 Å². The summed E-state index contributed by atoms with van der Waals surface area (Å²) in [4.78, 5) is 0. The first-order valence-corrected chi connectivity index (χ1v) is 6.23. The van der Waals surface area contributed by atoms with E-state index < -0.39 is 0 Å². The van der Waals surface area contributed by atoms with Crippen LogP contribution in [0.15, 0.2) is 24.3 Å². The Balaban J connectivity index is 1.92. The number of benzene rings is 1. The minimum absolute atomic E-state index is 0.275. The lowest BCUT2D eigenvalue weighted by Gasteiger charge is -2.28. The highest BCUT2D eigenvalue weighted by atomic mass is 16.3. The van der Waals surface area contributed by atoms with E-state index >= 15 is 0 Å². The van der Waals surface area contributed by atoms with Crippen LogP contribution in [0.25, 0.3) is 0 Å². The molecule has 2 heteroatoms. The Hall–Kier alpha value is -0.860. The van der Waals surface area contributed by atoms with Crippen molar-refractivity contribution >= 4 is 0 Å². The number of aryl methyl sites for hydroxylation is 1. The molecule has 1 aliphatic rings. The lowest BCUT2D eigenvalue weighted by atomic mass is 9.88. The number of rotatable bonds is 4. The van der Waals surface area contributed by atoms with Crippen molar-refractivity contribution in [2.24, 2.45) is 0 Å². The van der Waals surface area contributed by atoms with E-state index in [1.54, 1.807) is 0 Å². The van der Waals surface area contributed by atoms with Gasteiger partial charge in [0, 0.05) is 18.7 Å². The van der Waals surface area contributed by atoms with Gasteiger partial charge in [-0.1, -0.05) is 24.3 Å². The molecule has 2 N–H and O–H groups in total. The molecule has 1 unspecified atom stereocenters. The second-order valence-electron chi connectivity index (χ2n) is 4.79. The maximum absolute atomic E-state index is 8.88. The number of hydrogen-bond acceptors (Lipinski definition) is 2. The maximum atomic E-state index is 8.88. The second kappa shape index (κ2) is 5.46. The molecule has 2 rings (SSSR count). The fourth-order valence-electron chi connectivity index (χ4n) is 2.52. The van der Waals surface area contributed by atoms with Crippen LogP contribution in [-0.2, 0) is 12.8 Å². The number of aliphatic hydroxyl groups is 1. The lowest BCUT2D eigenvalue weighted by Crippen LogP contribution is -2.40. The predicted octanol–water partition coefficient (Wildman–Crippen LogP) is 1.90. The van der Waals surface area contributed by atoms with Crippen LogP contribution in [0.4, 0.5) is 0 Å². The third-order valence-electron chi connectivity index (χ3n) is 3.43. The van der Waals surface area contributed by atoms with Gasteiger partial charge in [-0.3, -0.25) is 0 Å². The van der Waals surface area contributed by atoms with E-state index in [2.05, 4.69) is 36.5 Å². The highest BCUT2D eigenvalue weighted by Gasteiger charge is 2.18. The van der Waals surface area contributed by atoms with Gasteiger partial charge < -0.3 is 10.4 Å². The molecule has 0 spiro atoms. The molecule has 88 valence electrons. The van der Waals surface area contributed by atoms with E-state index in [0.717, 1.165) is 12.8 Å². The van der Waals surface area contributed by atoms with Gasteiger partial charge in [-0.15, -0.1) is 0 Å². The summed E-state index contributed by atoms with van der Waals surface area (Å²) in [6, 6.07) is 9.72. The van der Waals surface area contributed by atoms with Gasteiger partial charge in [-0.2, -0.15) is 0 Å². The van der Waals surface area contributed by atoms with Gasteiger partial charge in [-0.25, -0.2) is 0 Å². The Kier molecular flexibility index (Phi) is 3.97. The topological polar surface area (TPSA) is 32.3 Å². The average Bonchev–Trinajstić information content (AvgIpc) is 2.29. The summed E-state index contributed by atoms with van der Waals surface area (Å²) in [5.41, 5.74) is 3.00. The van der Waals surface area contributed by atoms with Crippen LogP contribution in [0.3, 0.4) is 0 Å². The van der Waals surface area contributed by atoms with Crippen molar-refractivity contribution in [3.8, 4) is 0 Å². The minimum Gasteiger partial charge on any atom is -0.396 e. The van der Waals surface area contributed by atoms with Crippen molar-refractivity contribution in [1.29, 1.82) is 0 Å². The Labute approximate surface area is 97.7 Å². The van der Waals surface area contributed by atoms with Crippen LogP contribution in [0.5, 0.6) is 0 Å². The van der Waals surface area contributed by atoms with Gasteiger partial charge in [0.2, 0.25) is 0 Å². The summed E-state index contributed by atoms with van der Waals surface area (Å²) in [5, 5.41) is 12.5. The van der Waals surface area contributed by atoms with Crippen molar-refractivity contribution in [3.05, 3.63) is 35.4 Å². The van der Waals surface area contributed by atoms with Gasteiger partial charge in [-0.05, 0) is 43.7 Å². The summed E-state index contributed by atoms with van der Waals surface area (Å²) < 4.78 is 0. The monoisotopic (exact) mass is 219 g/mol. The predicted molar refractivity (Wildman–Crippen MR) is 66.6 cm³/mol. The standard InChI is InChI=1S/C14H21NO/c1-11(8-9-16)15-14-7-6-12-4-2-3-5-13(12)10-14/h2-5,11,14-16H,6-10H2,1H3/t11-,14?/m1/s1. The van der Waals surface area contributed by atoms with E-state index in [4.69, 9.17) is 5.11 Å². The Bertz CT molecular complexity index is 337. The summed E-state index contributed by atoms with van der Waals surface area (Å²) in [7, 11) is 0. The Morgan fingerprint density at radius 2 is 2.12 bits per heavy atom. The SMILES string of the molecule is C[C@H](CCO)NC1CCc2ccccc2C1. The number of aliphatic hydroxyl groups excluding tert-OH is 1. The van der Waals surface area contributed by atoms with Crippen LogP contribution in [-0.4, -0.2) is 23.8 Å². The zero-order valence-electron chi connectivity index (χ0n) is 9.95. The van der Waals surface area contributed by atoms with Gasteiger partial charge in [0.15, 0.2) is 0 Å². The van der Waals surface area contributed by atoms with Crippen molar-refractivity contribution < 1.29 is 5.11 Å². The van der Waals surface area contributed by atoms with E-state index in [0.29, 0.717) is 12.1 Å². The zero-order valence-corrected chi connectivity index (χ0v) is 9.95. The highest BCUT2D eigenvalue weighted by Crippen LogP contribution is 2.21. The van der Waals surface area contributed by atoms with Crippen molar-refractivity contribution in [3.63, 3.8) is 0 Å². The van der Waals surface area contributed by atoms with E-state index in [1.807, 2.05) is 0 Å². The van der Waals surface area contributed by atoms with Crippen molar-refractivity contribution in [1.82, 2.24) is 5.32 Å². The van der Waals surface area contributed by atoms with Crippen LogP contribution in [0.2, 0.25) is 0 Å². The first-order valence-electron chi connectivity index (χ1n) is 6.23. The highest BCUT2D eigenvalue weighted by molar-refractivity contribution is 5.30. The molecule has 2 atom stereocenters. The van der Waals surface area contributed by atoms with E-state index in [-0.39, 0.29) is 6.61 Å². The summed E-state index contributed by atoms with van der Waals surface area (Å²) in [5.74, 6) is 0. The molecule has 0 heterocycles. The molecule has 1 aliphatic carbocycles. The minimum atomic E-state index is 0.275. The van der Waals surface area contributed by atoms with Gasteiger partial charge in [0.1, 0.15) is 0 Å². The Morgan fingerprint density at radius 1 is 1.38 bits per heavy atom. The van der Waals surface area contributed by atoms with Crippen LogP contribution in [0, 0.1) is 0 Å². The first kappa shape index (κ1) is 11.6. The molecule has 1 aromatic rings. The molecule has 0 bridgehead atoms. The van der Waals surface area contributed by atoms with Crippen LogP contribution >= 0.6 is 0 Å². The number of hydrogen-bond donors (Lipinski definition) is 2. The van der Waals surface area contributed by atoms with Gasteiger partial charge >= 0.3 is 0 Å². The summed E-state index contributed by atoms with van der Waals surface area (Å²) in [6.45, 7) is 2.42. The van der Waals surface area contributed by atoms with Crippen molar-refractivity contribution in [2.75, 3.05) is 6.61 Å². The third kappa shape index (κ3) is 2.83. The number of nitrogens with one attached hydrogen (secondary N) is 1. The number of fused-ring (bicyclic) bond motifs is 1. The van der Waals surface area contributed by atoms with Crippen molar-refractivity contribution in [2.45, 2.75) is 44.7 Å². The first-order chi connectivity index (χ1) is 7.79. The van der Waals surface area contributed by atoms with Gasteiger partial charge in [0.05, 0.1) is 0 Å². The summed E-state index contributed by atoms with van der Waals surface area (Å²) in [6.07, 6.45) is 4.37. The van der Waals surface area contributed by atoms with Gasteiger partial charge in [0.25, 0.3) is 0 Å².